The summed E-state index contributed by atoms with van der Waals surface area (Å²) in [6, 6.07) is 8.86. The first-order valence-corrected chi connectivity index (χ1v) is 5.50. The van der Waals surface area contributed by atoms with Crippen LogP contribution in [0, 0.1) is 0 Å². The molecular formula is C12H16O5. The Morgan fingerprint density at radius 2 is 1.65 bits per heavy atom. The highest BCUT2D eigenvalue weighted by molar-refractivity contribution is 5.23. The Morgan fingerprint density at radius 3 is 2.24 bits per heavy atom. The zero-order valence-electron chi connectivity index (χ0n) is 9.18. The van der Waals surface area contributed by atoms with Crippen molar-refractivity contribution in [2.75, 3.05) is 6.61 Å². The van der Waals surface area contributed by atoms with Gasteiger partial charge in [-0.3, -0.25) is 0 Å². The Hall–Kier alpha value is -0.980. The maximum atomic E-state index is 9.96. The molecule has 1 heterocycles. The van der Waals surface area contributed by atoms with Gasteiger partial charge in [0.1, 0.15) is 12.2 Å². The molecule has 1 aromatic carbocycles. The van der Waals surface area contributed by atoms with E-state index in [2.05, 4.69) is 0 Å². The average molecular weight is 240 g/mol. The van der Waals surface area contributed by atoms with Crippen molar-refractivity contribution >= 4 is 0 Å². The molecule has 1 aliphatic rings. The van der Waals surface area contributed by atoms with Crippen molar-refractivity contribution in [2.24, 2.45) is 0 Å². The van der Waals surface area contributed by atoms with E-state index in [4.69, 9.17) is 9.84 Å². The van der Waals surface area contributed by atoms with E-state index in [-0.39, 0.29) is 0 Å². The zero-order chi connectivity index (χ0) is 12.4. The van der Waals surface area contributed by atoms with E-state index in [0.717, 1.165) is 0 Å². The normalized spacial score (nSPS) is 38.0. The molecule has 17 heavy (non-hydrogen) atoms. The van der Waals surface area contributed by atoms with Crippen LogP contribution in [-0.2, 0) is 4.74 Å². The van der Waals surface area contributed by atoms with E-state index in [0.29, 0.717) is 5.56 Å². The molecule has 4 N–H and O–H groups in total. The lowest BCUT2D eigenvalue weighted by molar-refractivity contribution is -0.251. The second kappa shape index (κ2) is 5.12. The minimum absolute atomic E-state index is 0.448. The summed E-state index contributed by atoms with van der Waals surface area (Å²) in [7, 11) is 0. The van der Waals surface area contributed by atoms with E-state index in [1.807, 2.05) is 6.07 Å². The number of ether oxygens (including phenoxy) is 1. The van der Waals surface area contributed by atoms with E-state index in [1.165, 1.54) is 0 Å². The number of rotatable bonds is 2. The van der Waals surface area contributed by atoms with E-state index in [1.54, 1.807) is 24.3 Å². The molecule has 0 aliphatic carbocycles. The third kappa shape index (κ3) is 2.34. The molecule has 0 saturated carbocycles. The third-order valence-electron chi connectivity index (χ3n) is 3.08. The van der Waals surface area contributed by atoms with Gasteiger partial charge in [0.05, 0.1) is 18.6 Å². The number of aliphatic hydroxyl groups is 4. The minimum Gasteiger partial charge on any atom is -0.394 e. The predicted octanol–water partition coefficient (Wildman–Crippen LogP) is -0.799. The van der Waals surface area contributed by atoms with Crippen LogP contribution in [0.3, 0.4) is 0 Å². The number of aliphatic hydroxyl groups excluding tert-OH is 4. The van der Waals surface area contributed by atoms with Crippen LogP contribution in [0.1, 0.15) is 11.5 Å². The lowest BCUT2D eigenvalue weighted by Gasteiger charge is -2.40. The fourth-order valence-electron chi connectivity index (χ4n) is 2.13. The molecule has 0 aromatic heterocycles. The van der Waals surface area contributed by atoms with Crippen LogP contribution >= 0.6 is 0 Å². The average Bonchev–Trinajstić information content (AvgIpc) is 2.35. The molecule has 0 radical (unpaired) electrons. The van der Waals surface area contributed by atoms with Gasteiger partial charge in [-0.2, -0.15) is 0 Å². The molecule has 0 bridgehead atoms. The molecule has 5 heteroatoms. The van der Waals surface area contributed by atoms with Crippen molar-refractivity contribution in [3.8, 4) is 0 Å². The Labute approximate surface area is 98.9 Å². The predicted molar refractivity (Wildman–Crippen MR) is 59.2 cm³/mol. The lowest BCUT2D eigenvalue weighted by atomic mass is 9.85. The highest BCUT2D eigenvalue weighted by Gasteiger charge is 2.44. The number of benzene rings is 1. The van der Waals surface area contributed by atoms with Crippen molar-refractivity contribution in [2.45, 2.75) is 30.5 Å². The van der Waals surface area contributed by atoms with E-state index in [9.17, 15) is 15.3 Å². The number of hydrogen-bond donors (Lipinski definition) is 4. The Balaban J connectivity index is 2.24. The second-order valence-corrected chi connectivity index (χ2v) is 4.17. The van der Waals surface area contributed by atoms with Gasteiger partial charge in [-0.25, -0.2) is 0 Å². The SMILES string of the molecule is OCC1O[C@@H](O)C(c2ccccc2)C(O)[C@@H]1O. The molecule has 1 saturated heterocycles. The molecule has 0 spiro atoms. The molecule has 3 unspecified atom stereocenters. The smallest absolute Gasteiger partial charge is 0.164 e. The topological polar surface area (TPSA) is 90.2 Å². The van der Waals surface area contributed by atoms with Crippen LogP contribution in [0.15, 0.2) is 30.3 Å². The maximum Gasteiger partial charge on any atom is 0.164 e. The monoisotopic (exact) mass is 240 g/mol. The highest BCUT2D eigenvalue weighted by Crippen LogP contribution is 2.32. The van der Waals surface area contributed by atoms with Crippen LogP contribution in [-0.4, -0.2) is 51.6 Å². The summed E-state index contributed by atoms with van der Waals surface area (Å²) in [6.07, 6.45) is -4.58. The van der Waals surface area contributed by atoms with Gasteiger partial charge < -0.3 is 25.2 Å². The van der Waals surface area contributed by atoms with Gasteiger partial charge in [0.2, 0.25) is 0 Å². The Bertz CT molecular complexity index is 355. The van der Waals surface area contributed by atoms with Gasteiger partial charge in [0.25, 0.3) is 0 Å². The van der Waals surface area contributed by atoms with Crippen LogP contribution in [0.5, 0.6) is 0 Å². The van der Waals surface area contributed by atoms with E-state index < -0.39 is 37.1 Å². The lowest BCUT2D eigenvalue weighted by Crippen LogP contribution is -2.54. The molecule has 2 rings (SSSR count). The molecule has 1 aromatic rings. The first kappa shape index (κ1) is 12.5. The third-order valence-corrected chi connectivity index (χ3v) is 3.08. The fraction of sp³-hybridized carbons (Fsp3) is 0.500. The summed E-state index contributed by atoms with van der Waals surface area (Å²) in [6.45, 7) is -0.448. The van der Waals surface area contributed by atoms with Crippen molar-refractivity contribution in [3.05, 3.63) is 35.9 Å². The largest absolute Gasteiger partial charge is 0.394 e. The standard InChI is InChI=1S/C12H16O5/c13-6-8-10(14)11(15)9(12(16)17-8)7-4-2-1-3-5-7/h1-5,8-16H,6H2/t8?,9?,10-,11?,12-/m1/s1. The summed E-state index contributed by atoms with van der Waals surface area (Å²) in [5.74, 6) is -0.714. The molecular weight excluding hydrogens is 224 g/mol. The van der Waals surface area contributed by atoms with Crippen LogP contribution < -0.4 is 0 Å². The van der Waals surface area contributed by atoms with Gasteiger partial charge in [-0.05, 0) is 5.56 Å². The second-order valence-electron chi connectivity index (χ2n) is 4.17. The Morgan fingerprint density at radius 1 is 1.00 bits per heavy atom. The summed E-state index contributed by atoms with van der Waals surface area (Å²) < 4.78 is 5.08. The van der Waals surface area contributed by atoms with Crippen LogP contribution in [0.2, 0.25) is 0 Å². The summed E-state index contributed by atoms with van der Waals surface area (Å²) >= 11 is 0. The minimum atomic E-state index is -1.24. The molecule has 1 fully saturated rings. The van der Waals surface area contributed by atoms with Crippen molar-refractivity contribution < 1.29 is 25.2 Å². The van der Waals surface area contributed by atoms with Gasteiger partial charge >= 0.3 is 0 Å². The van der Waals surface area contributed by atoms with Gasteiger partial charge in [-0.1, -0.05) is 30.3 Å². The maximum absolute atomic E-state index is 9.96. The van der Waals surface area contributed by atoms with E-state index >= 15 is 0 Å². The fourth-order valence-corrected chi connectivity index (χ4v) is 2.13. The highest BCUT2D eigenvalue weighted by atomic mass is 16.6. The molecule has 5 atom stereocenters. The molecule has 0 amide bonds. The molecule has 94 valence electrons. The molecule has 5 nitrogen and oxygen atoms in total. The number of hydrogen-bond acceptors (Lipinski definition) is 5. The van der Waals surface area contributed by atoms with Crippen molar-refractivity contribution in [1.82, 2.24) is 0 Å². The molecule has 1 aliphatic heterocycles. The first-order chi connectivity index (χ1) is 8.15. The van der Waals surface area contributed by atoms with Crippen LogP contribution in [0.4, 0.5) is 0 Å². The quantitative estimate of drug-likeness (QED) is 0.543. The summed E-state index contributed by atoms with van der Waals surface area (Å²) in [4.78, 5) is 0. The van der Waals surface area contributed by atoms with Crippen molar-refractivity contribution in [3.63, 3.8) is 0 Å². The summed E-state index contributed by atoms with van der Waals surface area (Å²) in [5.41, 5.74) is 0.683. The van der Waals surface area contributed by atoms with Gasteiger partial charge in [0.15, 0.2) is 6.29 Å². The zero-order valence-corrected chi connectivity index (χ0v) is 9.18. The van der Waals surface area contributed by atoms with Crippen molar-refractivity contribution in [1.29, 1.82) is 0 Å². The Kier molecular flexibility index (Phi) is 3.76. The summed E-state index contributed by atoms with van der Waals surface area (Å²) in [5, 5.41) is 38.5. The van der Waals surface area contributed by atoms with Crippen LogP contribution in [0.25, 0.3) is 0 Å². The first-order valence-electron chi connectivity index (χ1n) is 5.50. The van der Waals surface area contributed by atoms with Gasteiger partial charge in [0, 0.05) is 0 Å². The van der Waals surface area contributed by atoms with Gasteiger partial charge in [-0.15, -0.1) is 0 Å².